The molecule has 0 saturated carbocycles. The van der Waals surface area contributed by atoms with Crippen molar-refractivity contribution >= 4 is 25.3 Å². The lowest BCUT2D eigenvalue weighted by Gasteiger charge is -1.80. The van der Waals surface area contributed by atoms with Gasteiger partial charge < -0.3 is 4.74 Å². The molecule has 52 valence electrons. The zero-order chi connectivity index (χ0) is 7.28. The molecule has 0 aliphatic carbocycles. The van der Waals surface area contributed by atoms with E-state index in [2.05, 4.69) is 9.26 Å². The van der Waals surface area contributed by atoms with Gasteiger partial charge in [-0.25, -0.2) is 0 Å². The molecule has 6 heteroatoms. The standard InChI is InChI=1S/C3H5ClO4P/c1-7-3(5)9(6)8-2-4/h2H2,1H3/q+1. The number of carbonyl (C=O) groups excluding carboxylic acids is 1. The first-order valence-corrected chi connectivity index (χ1v) is 3.67. The van der Waals surface area contributed by atoms with E-state index in [9.17, 15) is 9.36 Å². The van der Waals surface area contributed by atoms with Gasteiger partial charge in [0, 0.05) is 0 Å². The highest BCUT2D eigenvalue weighted by molar-refractivity contribution is 7.58. The second-order valence-corrected chi connectivity index (χ2v) is 2.32. The molecule has 4 nitrogen and oxygen atoms in total. The van der Waals surface area contributed by atoms with Gasteiger partial charge in [0.15, 0.2) is 6.07 Å². The topological polar surface area (TPSA) is 52.6 Å². The number of ether oxygens (including phenoxy) is 1. The molecule has 0 aliphatic rings. The Morgan fingerprint density at radius 3 is 2.67 bits per heavy atom. The molecule has 0 fully saturated rings. The molecule has 1 unspecified atom stereocenters. The Hall–Kier alpha value is -0.180. The summed E-state index contributed by atoms with van der Waals surface area (Å²) in [7, 11) is -1.27. The van der Waals surface area contributed by atoms with E-state index in [0.717, 1.165) is 7.11 Å². The molecule has 0 rings (SSSR count). The summed E-state index contributed by atoms with van der Waals surface area (Å²) in [5.41, 5.74) is -0.898. The van der Waals surface area contributed by atoms with Crippen molar-refractivity contribution in [3.8, 4) is 0 Å². The maximum atomic E-state index is 10.3. The van der Waals surface area contributed by atoms with Crippen molar-refractivity contribution in [2.24, 2.45) is 0 Å². The Kier molecular flexibility index (Phi) is 4.58. The molecule has 0 amide bonds. The third-order valence-corrected chi connectivity index (χ3v) is 1.60. The number of rotatable bonds is 3. The summed E-state index contributed by atoms with van der Waals surface area (Å²) in [5, 5.41) is 0. The summed E-state index contributed by atoms with van der Waals surface area (Å²) in [6.07, 6.45) is 0. The quantitative estimate of drug-likeness (QED) is 0.479. The highest BCUT2D eigenvalue weighted by atomic mass is 35.5. The van der Waals surface area contributed by atoms with Crippen molar-refractivity contribution in [1.29, 1.82) is 0 Å². The van der Waals surface area contributed by atoms with Gasteiger partial charge in [0.25, 0.3) is 0 Å². The predicted octanol–water partition coefficient (Wildman–Crippen LogP) is 1.71. The van der Waals surface area contributed by atoms with E-state index >= 15 is 0 Å². The van der Waals surface area contributed by atoms with E-state index < -0.39 is 13.7 Å². The van der Waals surface area contributed by atoms with Crippen LogP contribution in [0.4, 0.5) is 4.79 Å². The average Bonchev–Trinajstić information content (AvgIpc) is 1.87. The monoisotopic (exact) mass is 171 g/mol. The van der Waals surface area contributed by atoms with E-state index in [0.29, 0.717) is 0 Å². The number of halogens is 1. The molecule has 0 aromatic rings. The van der Waals surface area contributed by atoms with Gasteiger partial charge in [-0.3, -0.25) is 0 Å². The van der Waals surface area contributed by atoms with Crippen LogP contribution in [-0.2, 0) is 13.8 Å². The van der Waals surface area contributed by atoms with Gasteiger partial charge in [-0.1, -0.05) is 11.6 Å². The second-order valence-electron chi connectivity index (χ2n) is 0.965. The third kappa shape index (κ3) is 3.40. The first-order chi connectivity index (χ1) is 4.22. The van der Waals surface area contributed by atoms with Crippen LogP contribution in [0.2, 0.25) is 0 Å². The summed E-state index contributed by atoms with van der Waals surface area (Å²) in [6, 6.07) is -0.274. The molecule has 0 radical (unpaired) electrons. The van der Waals surface area contributed by atoms with Crippen LogP contribution in [0.5, 0.6) is 0 Å². The van der Waals surface area contributed by atoms with Crippen LogP contribution in [0, 0.1) is 0 Å². The Morgan fingerprint density at radius 2 is 2.33 bits per heavy atom. The molecule has 0 aromatic heterocycles. The first kappa shape index (κ1) is 8.82. The van der Waals surface area contributed by atoms with E-state index in [1.807, 2.05) is 0 Å². The normalized spacial score (nSPS) is 10.7. The highest BCUT2D eigenvalue weighted by Gasteiger charge is 2.32. The molecular weight excluding hydrogens is 166 g/mol. The largest absolute Gasteiger partial charge is 0.637 e. The molecule has 0 saturated heterocycles. The number of alkyl halides is 1. The molecule has 9 heavy (non-hydrogen) atoms. The Labute approximate surface area is 58.0 Å². The highest BCUT2D eigenvalue weighted by Crippen LogP contribution is 2.24. The van der Waals surface area contributed by atoms with Crippen LogP contribution < -0.4 is 0 Å². The summed E-state index contributed by atoms with van der Waals surface area (Å²) in [6.45, 7) is 0. The predicted molar refractivity (Wildman–Crippen MR) is 31.8 cm³/mol. The zero-order valence-corrected chi connectivity index (χ0v) is 6.32. The van der Waals surface area contributed by atoms with Crippen LogP contribution in [0.15, 0.2) is 0 Å². The number of methoxy groups -OCH3 is 1. The van der Waals surface area contributed by atoms with Crippen LogP contribution >= 0.6 is 19.6 Å². The van der Waals surface area contributed by atoms with Crippen molar-refractivity contribution < 1.29 is 18.6 Å². The van der Waals surface area contributed by atoms with E-state index in [4.69, 9.17) is 11.6 Å². The fourth-order valence-electron chi connectivity index (χ4n) is 0.172. The number of hydrogen-bond acceptors (Lipinski definition) is 4. The Morgan fingerprint density at radius 1 is 1.78 bits per heavy atom. The molecule has 0 bridgehead atoms. The fraction of sp³-hybridized carbons (Fsp3) is 0.667. The molecule has 0 aliphatic heterocycles. The average molecular weight is 171 g/mol. The molecule has 0 heterocycles. The summed E-state index contributed by atoms with van der Waals surface area (Å²) in [4.78, 5) is 10.2. The molecule has 0 N–H and O–H groups in total. The fourth-order valence-corrected chi connectivity index (χ4v) is 0.781. The SMILES string of the molecule is COC(=O)[P+](=O)OCCl. The van der Waals surface area contributed by atoms with Crippen molar-refractivity contribution in [3.05, 3.63) is 0 Å². The number of hydrogen-bond donors (Lipinski definition) is 0. The van der Waals surface area contributed by atoms with Gasteiger partial charge in [0.2, 0.25) is 0 Å². The van der Waals surface area contributed by atoms with Gasteiger partial charge in [-0.15, -0.1) is 4.52 Å². The van der Waals surface area contributed by atoms with Crippen molar-refractivity contribution in [1.82, 2.24) is 0 Å². The maximum Gasteiger partial charge on any atom is 0.637 e. The number of carbonyl (C=O) groups is 1. The van der Waals surface area contributed by atoms with Gasteiger partial charge in [0.05, 0.1) is 7.11 Å². The molecule has 0 spiro atoms. The van der Waals surface area contributed by atoms with Gasteiger partial charge in [-0.05, 0) is 4.57 Å². The Bertz CT molecular complexity index is 125. The first-order valence-electron chi connectivity index (χ1n) is 1.96. The second kappa shape index (κ2) is 4.68. The lowest BCUT2D eigenvalue weighted by molar-refractivity contribution is 0.193. The maximum absolute atomic E-state index is 10.3. The zero-order valence-electron chi connectivity index (χ0n) is 4.67. The lowest BCUT2D eigenvalue weighted by atomic mass is 11.5. The van der Waals surface area contributed by atoms with E-state index in [1.54, 1.807) is 0 Å². The van der Waals surface area contributed by atoms with Crippen molar-refractivity contribution in [2.75, 3.05) is 13.2 Å². The Balaban J connectivity index is 3.60. The van der Waals surface area contributed by atoms with Crippen LogP contribution in [0.25, 0.3) is 0 Å². The summed E-state index contributed by atoms with van der Waals surface area (Å²) in [5.74, 6) is 0. The van der Waals surface area contributed by atoms with Gasteiger partial charge in [-0.2, -0.15) is 4.79 Å². The lowest BCUT2D eigenvalue weighted by Crippen LogP contribution is -1.91. The van der Waals surface area contributed by atoms with E-state index in [1.165, 1.54) is 0 Å². The minimum absolute atomic E-state index is 0.274. The summed E-state index contributed by atoms with van der Waals surface area (Å²) < 4.78 is 18.6. The van der Waals surface area contributed by atoms with Gasteiger partial charge >= 0.3 is 13.7 Å². The third-order valence-electron chi connectivity index (χ3n) is 0.490. The van der Waals surface area contributed by atoms with E-state index in [-0.39, 0.29) is 6.07 Å². The molecular formula is C3H5ClO4P+. The van der Waals surface area contributed by atoms with Crippen LogP contribution in [0.1, 0.15) is 0 Å². The summed E-state index contributed by atoms with van der Waals surface area (Å²) >= 11 is 4.98. The smallest absolute Gasteiger partial charge is 0.429 e. The molecule has 1 atom stereocenters. The van der Waals surface area contributed by atoms with Crippen molar-refractivity contribution in [3.63, 3.8) is 0 Å². The van der Waals surface area contributed by atoms with Crippen LogP contribution in [0.3, 0.4) is 0 Å². The van der Waals surface area contributed by atoms with Crippen LogP contribution in [-0.4, -0.2) is 18.9 Å². The van der Waals surface area contributed by atoms with Gasteiger partial charge in [0.1, 0.15) is 0 Å². The molecule has 0 aromatic carbocycles. The minimum atomic E-state index is -2.39. The minimum Gasteiger partial charge on any atom is -0.429 e. The van der Waals surface area contributed by atoms with Crippen molar-refractivity contribution in [2.45, 2.75) is 0 Å².